The third-order valence-electron chi connectivity index (χ3n) is 2.81. The molecule has 92 valence electrons. The Morgan fingerprint density at radius 2 is 2.18 bits per heavy atom. The van der Waals surface area contributed by atoms with E-state index in [0.29, 0.717) is 21.5 Å². The van der Waals surface area contributed by atoms with E-state index in [0.717, 1.165) is 12.8 Å². The summed E-state index contributed by atoms with van der Waals surface area (Å²) in [5, 5.41) is 13.1. The highest BCUT2D eigenvalue weighted by molar-refractivity contribution is 6.35. The first-order valence-electron chi connectivity index (χ1n) is 5.49. The van der Waals surface area contributed by atoms with Gasteiger partial charge in [0.25, 0.3) is 5.91 Å². The van der Waals surface area contributed by atoms with E-state index < -0.39 is 6.10 Å². The van der Waals surface area contributed by atoms with Crippen molar-refractivity contribution >= 4 is 29.1 Å². The van der Waals surface area contributed by atoms with Crippen LogP contribution in [-0.4, -0.2) is 23.7 Å². The number of nitrogens with one attached hydrogen (secondary N) is 1. The Morgan fingerprint density at radius 3 is 2.82 bits per heavy atom. The quantitative estimate of drug-likeness (QED) is 0.886. The molecule has 1 atom stereocenters. The maximum absolute atomic E-state index is 11.8. The molecule has 1 unspecified atom stereocenters. The van der Waals surface area contributed by atoms with Gasteiger partial charge in [-0.25, -0.2) is 0 Å². The number of hydrogen-bond donors (Lipinski definition) is 2. The SMILES string of the molecule is O=C(NCC(O)C1CC1)c1cc(Cl)ccc1Cl. The van der Waals surface area contributed by atoms with Gasteiger partial charge in [-0.2, -0.15) is 0 Å². The molecule has 1 aromatic carbocycles. The Hall–Kier alpha value is -0.770. The Labute approximate surface area is 110 Å². The molecule has 1 aromatic rings. The first-order chi connectivity index (χ1) is 8.08. The van der Waals surface area contributed by atoms with Gasteiger partial charge in [-0.1, -0.05) is 23.2 Å². The summed E-state index contributed by atoms with van der Waals surface area (Å²) in [4.78, 5) is 11.8. The lowest BCUT2D eigenvalue weighted by molar-refractivity contribution is 0.0901. The summed E-state index contributed by atoms with van der Waals surface area (Å²) in [6.45, 7) is 0.256. The molecule has 0 radical (unpaired) electrons. The third kappa shape index (κ3) is 3.35. The highest BCUT2D eigenvalue weighted by Gasteiger charge is 2.29. The second-order valence-corrected chi connectivity index (χ2v) is 5.08. The van der Waals surface area contributed by atoms with Gasteiger partial charge in [0.2, 0.25) is 0 Å². The molecule has 1 fully saturated rings. The number of carbonyl (C=O) groups is 1. The van der Waals surface area contributed by atoms with Crippen molar-refractivity contribution in [3.05, 3.63) is 33.8 Å². The van der Waals surface area contributed by atoms with Crippen molar-refractivity contribution in [1.82, 2.24) is 5.32 Å². The fraction of sp³-hybridized carbons (Fsp3) is 0.417. The van der Waals surface area contributed by atoms with Crippen LogP contribution >= 0.6 is 23.2 Å². The first kappa shape index (κ1) is 12.7. The Bertz CT molecular complexity index is 433. The monoisotopic (exact) mass is 273 g/mol. The van der Waals surface area contributed by atoms with E-state index in [1.807, 2.05) is 0 Å². The van der Waals surface area contributed by atoms with Gasteiger partial charge in [0, 0.05) is 11.6 Å². The number of benzene rings is 1. The fourth-order valence-corrected chi connectivity index (χ4v) is 1.99. The molecule has 1 aliphatic carbocycles. The molecule has 0 aromatic heterocycles. The van der Waals surface area contributed by atoms with Crippen molar-refractivity contribution in [3.63, 3.8) is 0 Å². The van der Waals surface area contributed by atoms with Crippen LogP contribution < -0.4 is 5.32 Å². The molecular weight excluding hydrogens is 261 g/mol. The fourth-order valence-electron chi connectivity index (χ4n) is 1.61. The Kier molecular flexibility index (Phi) is 3.92. The summed E-state index contributed by atoms with van der Waals surface area (Å²) in [6, 6.07) is 4.72. The minimum atomic E-state index is -0.461. The summed E-state index contributed by atoms with van der Waals surface area (Å²) in [7, 11) is 0. The topological polar surface area (TPSA) is 49.3 Å². The zero-order valence-electron chi connectivity index (χ0n) is 9.12. The number of rotatable bonds is 4. The van der Waals surface area contributed by atoms with Crippen LogP contribution in [0.25, 0.3) is 0 Å². The number of aliphatic hydroxyl groups excluding tert-OH is 1. The van der Waals surface area contributed by atoms with Gasteiger partial charge in [0.1, 0.15) is 0 Å². The first-order valence-corrected chi connectivity index (χ1v) is 6.25. The normalized spacial score (nSPS) is 16.6. The second-order valence-electron chi connectivity index (χ2n) is 4.24. The summed E-state index contributed by atoms with van der Waals surface area (Å²) < 4.78 is 0. The summed E-state index contributed by atoms with van der Waals surface area (Å²) in [5.41, 5.74) is 0.335. The predicted molar refractivity (Wildman–Crippen MR) is 67.5 cm³/mol. The lowest BCUT2D eigenvalue weighted by Crippen LogP contribution is -2.33. The van der Waals surface area contributed by atoms with Gasteiger partial charge >= 0.3 is 0 Å². The minimum Gasteiger partial charge on any atom is -0.391 e. The van der Waals surface area contributed by atoms with Crippen LogP contribution in [0.4, 0.5) is 0 Å². The van der Waals surface area contributed by atoms with Gasteiger partial charge in [-0.3, -0.25) is 4.79 Å². The Balaban J connectivity index is 1.96. The molecule has 1 saturated carbocycles. The van der Waals surface area contributed by atoms with Crippen LogP contribution in [0.2, 0.25) is 10.0 Å². The predicted octanol–water partition coefficient (Wildman–Crippen LogP) is 2.49. The maximum atomic E-state index is 11.8. The molecule has 3 nitrogen and oxygen atoms in total. The van der Waals surface area contributed by atoms with Gasteiger partial charge in [-0.15, -0.1) is 0 Å². The molecule has 2 rings (SSSR count). The van der Waals surface area contributed by atoms with E-state index in [1.165, 1.54) is 6.07 Å². The molecule has 0 saturated heterocycles. The lowest BCUT2D eigenvalue weighted by Gasteiger charge is -2.11. The standard InChI is InChI=1S/C12H13Cl2NO2/c13-8-3-4-10(14)9(5-8)12(17)15-6-11(16)7-1-2-7/h3-5,7,11,16H,1-2,6H2,(H,15,17). The van der Waals surface area contributed by atoms with Crippen LogP contribution in [0.5, 0.6) is 0 Å². The van der Waals surface area contributed by atoms with Crippen molar-refractivity contribution in [3.8, 4) is 0 Å². The number of carbonyl (C=O) groups excluding carboxylic acids is 1. The largest absolute Gasteiger partial charge is 0.391 e. The van der Waals surface area contributed by atoms with Crippen LogP contribution in [-0.2, 0) is 0 Å². The van der Waals surface area contributed by atoms with Gasteiger partial charge in [0.15, 0.2) is 0 Å². The van der Waals surface area contributed by atoms with E-state index in [4.69, 9.17) is 23.2 Å². The molecule has 5 heteroatoms. The highest BCUT2D eigenvalue weighted by atomic mass is 35.5. The number of amides is 1. The minimum absolute atomic E-state index is 0.256. The molecule has 0 aliphatic heterocycles. The molecule has 2 N–H and O–H groups in total. The number of halogens is 2. The van der Waals surface area contributed by atoms with Crippen molar-refractivity contribution in [1.29, 1.82) is 0 Å². The number of aliphatic hydroxyl groups is 1. The molecule has 0 heterocycles. The maximum Gasteiger partial charge on any atom is 0.252 e. The van der Waals surface area contributed by atoms with Gasteiger partial charge in [-0.05, 0) is 37.0 Å². The van der Waals surface area contributed by atoms with Crippen molar-refractivity contribution in [2.24, 2.45) is 5.92 Å². The molecule has 1 aliphatic rings. The molecule has 17 heavy (non-hydrogen) atoms. The lowest BCUT2D eigenvalue weighted by atomic mass is 10.2. The van der Waals surface area contributed by atoms with E-state index in [9.17, 15) is 9.90 Å². The van der Waals surface area contributed by atoms with Crippen molar-refractivity contribution in [2.45, 2.75) is 18.9 Å². The average molecular weight is 274 g/mol. The van der Waals surface area contributed by atoms with Crippen LogP contribution in [0.15, 0.2) is 18.2 Å². The zero-order valence-corrected chi connectivity index (χ0v) is 10.6. The van der Waals surface area contributed by atoms with Crippen LogP contribution in [0.3, 0.4) is 0 Å². The molecular formula is C12H13Cl2NO2. The number of hydrogen-bond acceptors (Lipinski definition) is 2. The molecule has 0 spiro atoms. The van der Waals surface area contributed by atoms with Gasteiger partial charge in [0.05, 0.1) is 16.7 Å². The van der Waals surface area contributed by atoms with Crippen LogP contribution in [0, 0.1) is 5.92 Å². The Morgan fingerprint density at radius 1 is 1.47 bits per heavy atom. The van der Waals surface area contributed by atoms with Crippen molar-refractivity contribution in [2.75, 3.05) is 6.54 Å². The van der Waals surface area contributed by atoms with Gasteiger partial charge < -0.3 is 10.4 Å². The summed E-state index contributed by atoms with van der Waals surface area (Å²) in [6.07, 6.45) is 1.61. The third-order valence-corrected chi connectivity index (χ3v) is 3.38. The van der Waals surface area contributed by atoms with Crippen molar-refractivity contribution < 1.29 is 9.90 Å². The summed E-state index contributed by atoms with van der Waals surface area (Å²) >= 11 is 11.7. The molecule has 1 amide bonds. The van der Waals surface area contributed by atoms with E-state index in [1.54, 1.807) is 12.1 Å². The van der Waals surface area contributed by atoms with E-state index in [2.05, 4.69) is 5.32 Å². The van der Waals surface area contributed by atoms with E-state index >= 15 is 0 Å². The van der Waals surface area contributed by atoms with E-state index in [-0.39, 0.29) is 12.5 Å². The average Bonchev–Trinajstić information content (AvgIpc) is 3.12. The highest BCUT2D eigenvalue weighted by Crippen LogP contribution is 2.32. The molecule has 0 bridgehead atoms. The smallest absolute Gasteiger partial charge is 0.252 e. The van der Waals surface area contributed by atoms with Crippen LogP contribution in [0.1, 0.15) is 23.2 Å². The summed E-state index contributed by atoms with van der Waals surface area (Å²) in [5.74, 6) is 0.0299. The second kappa shape index (κ2) is 5.25. The zero-order chi connectivity index (χ0) is 12.4.